The zero-order valence-corrected chi connectivity index (χ0v) is 8.29. The van der Waals surface area contributed by atoms with Crippen molar-refractivity contribution in [2.45, 2.75) is 39.2 Å². The van der Waals surface area contributed by atoms with E-state index in [4.69, 9.17) is 5.11 Å². The Morgan fingerprint density at radius 3 is 2.46 bits per heavy atom. The van der Waals surface area contributed by atoms with Gasteiger partial charge in [0.2, 0.25) is 0 Å². The van der Waals surface area contributed by atoms with Crippen molar-refractivity contribution in [3.63, 3.8) is 0 Å². The maximum Gasteiger partial charge on any atom is 0.330 e. The lowest BCUT2D eigenvalue weighted by atomic mass is 9.95. The van der Waals surface area contributed by atoms with Gasteiger partial charge >= 0.3 is 5.97 Å². The fourth-order valence-electron chi connectivity index (χ4n) is 1.10. The SMILES string of the molecule is C=C(CCC(C)C(O)CC)C(=O)O. The summed E-state index contributed by atoms with van der Waals surface area (Å²) in [5, 5.41) is 17.9. The number of aliphatic hydroxyl groups is 1. The van der Waals surface area contributed by atoms with Crippen LogP contribution in [0, 0.1) is 5.92 Å². The van der Waals surface area contributed by atoms with Crippen LogP contribution in [0.15, 0.2) is 12.2 Å². The van der Waals surface area contributed by atoms with Crippen LogP contribution in [-0.2, 0) is 4.79 Å². The van der Waals surface area contributed by atoms with Crippen molar-refractivity contribution < 1.29 is 15.0 Å². The van der Waals surface area contributed by atoms with E-state index in [1.807, 2.05) is 13.8 Å². The Morgan fingerprint density at radius 2 is 2.08 bits per heavy atom. The van der Waals surface area contributed by atoms with E-state index in [9.17, 15) is 9.90 Å². The van der Waals surface area contributed by atoms with Crippen LogP contribution in [0.2, 0.25) is 0 Å². The van der Waals surface area contributed by atoms with Gasteiger partial charge in [-0.2, -0.15) is 0 Å². The third kappa shape index (κ3) is 4.68. The van der Waals surface area contributed by atoms with Crippen molar-refractivity contribution in [1.82, 2.24) is 0 Å². The average Bonchev–Trinajstić information content (AvgIpc) is 2.11. The van der Waals surface area contributed by atoms with Crippen molar-refractivity contribution in [3.05, 3.63) is 12.2 Å². The summed E-state index contributed by atoms with van der Waals surface area (Å²) in [6.07, 6.45) is 1.51. The molecule has 0 fully saturated rings. The smallest absolute Gasteiger partial charge is 0.330 e. The summed E-state index contributed by atoms with van der Waals surface area (Å²) in [5.74, 6) is -0.806. The molecule has 0 rings (SSSR count). The van der Waals surface area contributed by atoms with Gasteiger partial charge in [0.05, 0.1) is 6.10 Å². The zero-order chi connectivity index (χ0) is 10.4. The Morgan fingerprint density at radius 1 is 1.54 bits per heavy atom. The van der Waals surface area contributed by atoms with Crippen molar-refractivity contribution in [2.24, 2.45) is 5.92 Å². The quantitative estimate of drug-likeness (QED) is 0.622. The normalized spacial score (nSPS) is 15.0. The first-order chi connectivity index (χ1) is 5.99. The van der Waals surface area contributed by atoms with Gasteiger partial charge in [-0.1, -0.05) is 20.4 Å². The van der Waals surface area contributed by atoms with E-state index in [1.54, 1.807) is 0 Å². The molecule has 2 atom stereocenters. The molecule has 0 aliphatic rings. The van der Waals surface area contributed by atoms with Gasteiger partial charge in [0.25, 0.3) is 0 Å². The first-order valence-corrected chi connectivity index (χ1v) is 4.58. The van der Waals surface area contributed by atoms with Crippen LogP contribution in [-0.4, -0.2) is 22.3 Å². The minimum atomic E-state index is -0.946. The second kappa shape index (κ2) is 5.75. The monoisotopic (exact) mass is 186 g/mol. The van der Waals surface area contributed by atoms with Crippen LogP contribution in [0.1, 0.15) is 33.1 Å². The lowest BCUT2D eigenvalue weighted by Crippen LogP contribution is -2.16. The topological polar surface area (TPSA) is 57.5 Å². The Kier molecular flexibility index (Phi) is 5.39. The molecule has 0 aromatic carbocycles. The third-order valence-corrected chi connectivity index (χ3v) is 2.28. The molecule has 0 spiro atoms. The third-order valence-electron chi connectivity index (χ3n) is 2.28. The van der Waals surface area contributed by atoms with Crippen molar-refractivity contribution in [1.29, 1.82) is 0 Å². The number of aliphatic carboxylic acids is 1. The second-order valence-corrected chi connectivity index (χ2v) is 3.40. The second-order valence-electron chi connectivity index (χ2n) is 3.40. The Labute approximate surface area is 79.1 Å². The van der Waals surface area contributed by atoms with Gasteiger partial charge in [-0.25, -0.2) is 4.79 Å². The first-order valence-electron chi connectivity index (χ1n) is 4.58. The molecule has 0 aliphatic carbocycles. The minimum absolute atomic E-state index is 0.140. The lowest BCUT2D eigenvalue weighted by molar-refractivity contribution is -0.132. The molecule has 3 heteroatoms. The molecule has 2 N–H and O–H groups in total. The van der Waals surface area contributed by atoms with Gasteiger partial charge in [-0.3, -0.25) is 0 Å². The fourth-order valence-corrected chi connectivity index (χ4v) is 1.10. The van der Waals surface area contributed by atoms with Crippen LogP contribution < -0.4 is 0 Å². The van der Waals surface area contributed by atoms with Crippen molar-refractivity contribution in [3.8, 4) is 0 Å². The van der Waals surface area contributed by atoms with Crippen LogP contribution in [0.4, 0.5) is 0 Å². The Balaban J connectivity index is 3.76. The summed E-state index contributed by atoms with van der Waals surface area (Å²) < 4.78 is 0. The van der Waals surface area contributed by atoms with Gasteiger partial charge in [-0.15, -0.1) is 0 Å². The summed E-state index contributed by atoms with van der Waals surface area (Å²) >= 11 is 0. The molecular weight excluding hydrogens is 168 g/mol. The average molecular weight is 186 g/mol. The summed E-state index contributed by atoms with van der Waals surface area (Å²) in [4.78, 5) is 10.4. The molecule has 0 radical (unpaired) electrons. The largest absolute Gasteiger partial charge is 0.478 e. The molecule has 0 aromatic heterocycles. The van der Waals surface area contributed by atoms with Gasteiger partial charge in [0, 0.05) is 5.57 Å². The molecule has 76 valence electrons. The molecule has 13 heavy (non-hydrogen) atoms. The first kappa shape index (κ1) is 12.2. The Hall–Kier alpha value is -0.830. The summed E-state index contributed by atoms with van der Waals surface area (Å²) in [6, 6.07) is 0. The summed E-state index contributed by atoms with van der Waals surface area (Å²) in [5.41, 5.74) is 0.218. The Bertz CT molecular complexity index is 187. The van der Waals surface area contributed by atoms with Crippen LogP contribution in [0.25, 0.3) is 0 Å². The lowest BCUT2D eigenvalue weighted by Gasteiger charge is -2.16. The van der Waals surface area contributed by atoms with Crippen LogP contribution in [0.3, 0.4) is 0 Å². The highest BCUT2D eigenvalue weighted by atomic mass is 16.4. The molecule has 0 aliphatic heterocycles. The minimum Gasteiger partial charge on any atom is -0.478 e. The molecule has 3 nitrogen and oxygen atoms in total. The van der Waals surface area contributed by atoms with Gasteiger partial charge in [0.15, 0.2) is 0 Å². The van der Waals surface area contributed by atoms with Crippen molar-refractivity contribution in [2.75, 3.05) is 0 Å². The summed E-state index contributed by atoms with van der Waals surface area (Å²) in [7, 11) is 0. The summed E-state index contributed by atoms with van der Waals surface area (Å²) in [6.45, 7) is 7.26. The van der Waals surface area contributed by atoms with Gasteiger partial charge < -0.3 is 10.2 Å². The number of aliphatic hydroxyl groups excluding tert-OH is 1. The van der Waals surface area contributed by atoms with E-state index in [2.05, 4.69) is 6.58 Å². The molecule has 0 saturated heterocycles. The van der Waals surface area contributed by atoms with E-state index in [1.165, 1.54) is 0 Å². The molecule has 0 amide bonds. The number of carboxylic acids is 1. The molecule has 0 saturated carbocycles. The zero-order valence-electron chi connectivity index (χ0n) is 8.29. The van der Waals surface area contributed by atoms with Crippen molar-refractivity contribution >= 4 is 5.97 Å². The fraction of sp³-hybridized carbons (Fsp3) is 0.700. The van der Waals surface area contributed by atoms with Crippen LogP contribution >= 0.6 is 0 Å². The van der Waals surface area contributed by atoms with E-state index < -0.39 is 5.97 Å². The standard InChI is InChI=1S/C10H18O3/c1-4-9(11)7(2)5-6-8(3)10(12)13/h7,9,11H,3-6H2,1-2H3,(H,12,13). The molecule has 0 aromatic rings. The molecule has 0 heterocycles. The number of carboxylic acid groups (broad SMARTS) is 1. The van der Waals surface area contributed by atoms with Gasteiger partial charge in [0.1, 0.15) is 0 Å². The molecular formula is C10H18O3. The van der Waals surface area contributed by atoms with E-state index in [-0.39, 0.29) is 17.6 Å². The van der Waals surface area contributed by atoms with E-state index in [0.717, 1.165) is 0 Å². The number of hydrogen-bond donors (Lipinski definition) is 2. The number of carbonyl (C=O) groups is 1. The predicted molar refractivity (Wildman–Crippen MR) is 51.5 cm³/mol. The highest BCUT2D eigenvalue weighted by molar-refractivity contribution is 5.85. The van der Waals surface area contributed by atoms with Crippen LogP contribution in [0.5, 0.6) is 0 Å². The van der Waals surface area contributed by atoms with Gasteiger partial charge in [-0.05, 0) is 25.2 Å². The molecule has 0 bridgehead atoms. The number of rotatable bonds is 6. The van der Waals surface area contributed by atoms with E-state index in [0.29, 0.717) is 19.3 Å². The highest BCUT2D eigenvalue weighted by Crippen LogP contribution is 2.16. The maximum atomic E-state index is 10.4. The maximum absolute atomic E-state index is 10.4. The predicted octanol–water partition coefficient (Wildman–Crippen LogP) is 1.81. The highest BCUT2D eigenvalue weighted by Gasteiger charge is 2.13. The van der Waals surface area contributed by atoms with E-state index >= 15 is 0 Å². The number of hydrogen-bond acceptors (Lipinski definition) is 2. The molecule has 2 unspecified atom stereocenters.